The van der Waals surface area contributed by atoms with Crippen LogP contribution in [-0.2, 0) is 17.8 Å². The third-order valence-corrected chi connectivity index (χ3v) is 4.90. The summed E-state index contributed by atoms with van der Waals surface area (Å²) >= 11 is 5.31. The molecule has 1 heterocycles. The number of halogens is 1. The van der Waals surface area contributed by atoms with Gasteiger partial charge in [0.2, 0.25) is 0 Å². The van der Waals surface area contributed by atoms with Gasteiger partial charge in [-0.3, -0.25) is 0 Å². The molecule has 0 fully saturated rings. The first-order valence-corrected chi connectivity index (χ1v) is 8.40. The van der Waals surface area contributed by atoms with Crippen LogP contribution in [0.4, 0.5) is 5.13 Å². The van der Waals surface area contributed by atoms with Crippen molar-refractivity contribution in [3.63, 3.8) is 0 Å². The first-order chi connectivity index (χ1) is 10.2. The first kappa shape index (κ1) is 16.4. The van der Waals surface area contributed by atoms with E-state index in [-0.39, 0.29) is 0 Å². The maximum absolute atomic E-state index is 5.01. The van der Waals surface area contributed by atoms with Crippen LogP contribution in [0.3, 0.4) is 0 Å². The minimum absolute atomic E-state index is 0.730. The van der Waals surface area contributed by atoms with E-state index in [2.05, 4.69) is 56.4 Å². The van der Waals surface area contributed by atoms with Crippen LogP contribution in [0.15, 0.2) is 34.9 Å². The molecule has 114 valence electrons. The van der Waals surface area contributed by atoms with Crippen LogP contribution in [0.25, 0.3) is 0 Å². The number of rotatable bonds is 8. The molecule has 0 amide bonds. The molecule has 2 rings (SSSR count). The minimum Gasteiger partial charge on any atom is -0.383 e. The smallest absolute Gasteiger partial charge is 0.185 e. The Morgan fingerprint density at radius 1 is 1.38 bits per heavy atom. The maximum atomic E-state index is 5.01. The fraction of sp³-hybridized carbons (Fsp3) is 0.400. The van der Waals surface area contributed by atoms with E-state index in [9.17, 15) is 0 Å². The highest BCUT2D eigenvalue weighted by atomic mass is 79.9. The molecule has 2 aromatic rings. The predicted molar refractivity (Wildman–Crippen MR) is 91.9 cm³/mol. The van der Waals surface area contributed by atoms with Gasteiger partial charge in [-0.2, -0.15) is 0 Å². The van der Waals surface area contributed by atoms with Crippen LogP contribution in [0.5, 0.6) is 0 Å². The Morgan fingerprint density at radius 2 is 2.19 bits per heavy atom. The Labute approximate surface area is 138 Å². The summed E-state index contributed by atoms with van der Waals surface area (Å²) in [4.78, 5) is 7.90. The molecule has 1 aromatic heterocycles. The van der Waals surface area contributed by atoms with Crippen molar-refractivity contribution in [3.8, 4) is 0 Å². The number of nitrogens with one attached hydrogen (secondary N) is 1. The molecule has 0 aliphatic carbocycles. The lowest BCUT2D eigenvalue weighted by Crippen LogP contribution is -2.17. The average molecular weight is 370 g/mol. The van der Waals surface area contributed by atoms with Crippen LogP contribution in [-0.4, -0.2) is 32.3 Å². The lowest BCUT2D eigenvalue weighted by molar-refractivity contribution is 0.199. The molecule has 0 bridgehead atoms. The van der Waals surface area contributed by atoms with Crippen LogP contribution < -0.4 is 10.2 Å². The van der Waals surface area contributed by atoms with E-state index in [0.717, 1.165) is 35.8 Å². The van der Waals surface area contributed by atoms with Gasteiger partial charge < -0.3 is 15.0 Å². The van der Waals surface area contributed by atoms with E-state index in [1.807, 2.05) is 12.3 Å². The highest BCUT2D eigenvalue weighted by Gasteiger charge is 2.09. The largest absolute Gasteiger partial charge is 0.383 e. The third-order valence-electron chi connectivity index (χ3n) is 3.02. The Bertz CT molecular complexity index is 561. The van der Waals surface area contributed by atoms with Gasteiger partial charge in [-0.05, 0) is 11.6 Å². The number of ether oxygens (including phenoxy) is 1. The molecule has 0 spiro atoms. The Hall–Kier alpha value is -0.950. The second-order valence-corrected chi connectivity index (χ2v) is 6.67. The summed E-state index contributed by atoms with van der Waals surface area (Å²) in [5, 5.41) is 4.37. The number of benzene rings is 1. The second-order valence-electron chi connectivity index (χ2n) is 4.73. The van der Waals surface area contributed by atoms with E-state index >= 15 is 0 Å². The molecule has 0 radical (unpaired) electrons. The quantitative estimate of drug-likeness (QED) is 0.724. The molecule has 4 nitrogen and oxygen atoms in total. The fourth-order valence-electron chi connectivity index (χ4n) is 1.89. The number of anilines is 1. The number of nitrogens with zero attached hydrogens (tertiary/aromatic N) is 2. The molecule has 0 saturated heterocycles. The normalized spacial score (nSPS) is 10.8. The molecule has 0 unspecified atom stereocenters. The molecule has 0 aliphatic rings. The number of hydrogen-bond donors (Lipinski definition) is 1. The highest BCUT2D eigenvalue weighted by Crippen LogP contribution is 2.25. The van der Waals surface area contributed by atoms with Gasteiger partial charge in [0.1, 0.15) is 0 Å². The van der Waals surface area contributed by atoms with Crippen molar-refractivity contribution in [2.45, 2.75) is 13.1 Å². The van der Waals surface area contributed by atoms with Gasteiger partial charge >= 0.3 is 0 Å². The Kier molecular flexibility index (Phi) is 6.63. The molecule has 0 aliphatic heterocycles. The fourth-order valence-corrected chi connectivity index (χ4v) is 3.14. The molecular weight excluding hydrogens is 350 g/mol. The van der Waals surface area contributed by atoms with Gasteiger partial charge in [-0.1, -0.05) is 34.1 Å². The zero-order valence-corrected chi connectivity index (χ0v) is 14.7. The highest BCUT2D eigenvalue weighted by molar-refractivity contribution is 9.10. The number of hydrogen-bond acceptors (Lipinski definition) is 5. The summed E-state index contributed by atoms with van der Waals surface area (Å²) in [7, 11) is 3.78. The zero-order chi connectivity index (χ0) is 15.1. The predicted octanol–water partition coefficient (Wildman–Crippen LogP) is 3.28. The van der Waals surface area contributed by atoms with Gasteiger partial charge in [0.25, 0.3) is 0 Å². The van der Waals surface area contributed by atoms with Crippen molar-refractivity contribution in [1.82, 2.24) is 10.3 Å². The standard InChI is InChI=1S/C15H20BrN3OS/c1-19(11-12-5-3-4-6-14(12)16)15-18-10-13(21-15)9-17-7-8-20-2/h3-6,10,17H,7-9,11H2,1-2H3. The molecule has 0 atom stereocenters. The van der Waals surface area contributed by atoms with Crippen molar-refractivity contribution in [2.75, 3.05) is 32.2 Å². The minimum atomic E-state index is 0.730. The van der Waals surface area contributed by atoms with Crippen LogP contribution in [0.2, 0.25) is 0 Å². The summed E-state index contributed by atoms with van der Waals surface area (Å²) in [6.45, 7) is 3.26. The van der Waals surface area contributed by atoms with Gasteiger partial charge in [0.15, 0.2) is 5.13 Å². The van der Waals surface area contributed by atoms with Gasteiger partial charge in [0.05, 0.1) is 6.61 Å². The average Bonchev–Trinajstić information content (AvgIpc) is 2.95. The van der Waals surface area contributed by atoms with Crippen molar-refractivity contribution >= 4 is 32.4 Å². The van der Waals surface area contributed by atoms with Gasteiger partial charge in [0, 0.05) is 49.3 Å². The molecule has 1 aromatic carbocycles. The number of methoxy groups -OCH3 is 1. The van der Waals surface area contributed by atoms with Crippen LogP contribution in [0, 0.1) is 0 Å². The van der Waals surface area contributed by atoms with E-state index in [1.165, 1.54) is 10.4 Å². The molecule has 21 heavy (non-hydrogen) atoms. The lowest BCUT2D eigenvalue weighted by Gasteiger charge is -2.16. The van der Waals surface area contributed by atoms with Crippen molar-refractivity contribution < 1.29 is 4.74 Å². The van der Waals surface area contributed by atoms with E-state index in [1.54, 1.807) is 18.4 Å². The Morgan fingerprint density at radius 3 is 2.95 bits per heavy atom. The van der Waals surface area contributed by atoms with Crippen molar-refractivity contribution in [2.24, 2.45) is 0 Å². The van der Waals surface area contributed by atoms with Gasteiger partial charge in [-0.25, -0.2) is 4.98 Å². The number of aromatic nitrogens is 1. The lowest BCUT2D eigenvalue weighted by atomic mass is 10.2. The summed E-state index contributed by atoms with van der Waals surface area (Å²) in [6.07, 6.45) is 1.94. The second kappa shape index (κ2) is 8.48. The molecule has 0 saturated carbocycles. The van der Waals surface area contributed by atoms with Gasteiger partial charge in [-0.15, -0.1) is 11.3 Å². The summed E-state index contributed by atoms with van der Waals surface area (Å²) in [5.41, 5.74) is 1.26. The SMILES string of the molecule is COCCNCc1cnc(N(C)Cc2ccccc2Br)s1. The van der Waals surface area contributed by atoms with Crippen LogP contribution >= 0.6 is 27.3 Å². The van der Waals surface area contributed by atoms with Crippen LogP contribution in [0.1, 0.15) is 10.4 Å². The monoisotopic (exact) mass is 369 g/mol. The summed E-state index contributed by atoms with van der Waals surface area (Å²) in [5.74, 6) is 0. The third kappa shape index (κ3) is 5.07. The Balaban J connectivity index is 1.90. The molecular formula is C15H20BrN3OS. The van der Waals surface area contributed by atoms with E-state index in [4.69, 9.17) is 4.74 Å². The summed E-state index contributed by atoms with van der Waals surface area (Å²) < 4.78 is 6.15. The van der Waals surface area contributed by atoms with Crippen molar-refractivity contribution in [3.05, 3.63) is 45.4 Å². The topological polar surface area (TPSA) is 37.4 Å². The summed E-state index contributed by atoms with van der Waals surface area (Å²) in [6, 6.07) is 8.28. The first-order valence-electron chi connectivity index (χ1n) is 6.79. The van der Waals surface area contributed by atoms with E-state index < -0.39 is 0 Å². The maximum Gasteiger partial charge on any atom is 0.185 e. The molecule has 6 heteroatoms. The molecule has 1 N–H and O–H groups in total. The van der Waals surface area contributed by atoms with E-state index in [0.29, 0.717) is 0 Å². The van der Waals surface area contributed by atoms with Crippen molar-refractivity contribution in [1.29, 1.82) is 0 Å². The number of thiazole rings is 1. The zero-order valence-electron chi connectivity index (χ0n) is 12.3.